The minimum Gasteiger partial charge on any atom is -0.310 e. The number of hydrogen-bond acceptors (Lipinski definition) is 3. The molecule has 0 amide bonds. The van der Waals surface area contributed by atoms with Gasteiger partial charge in [0.1, 0.15) is 0 Å². The summed E-state index contributed by atoms with van der Waals surface area (Å²) < 4.78 is 0. The van der Waals surface area contributed by atoms with Crippen LogP contribution in [0.25, 0.3) is 0 Å². The molecule has 100 valence electrons. The molecule has 0 atom stereocenters. The zero-order chi connectivity index (χ0) is 13.0. The van der Waals surface area contributed by atoms with E-state index in [1.165, 1.54) is 30.5 Å². The van der Waals surface area contributed by atoms with Gasteiger partial charge >= 0.3 is 0 Å². The molecule has 1 saturated carbocycles. The summed E-state index contributed by atoms with van der Waals surface area (Å²) in [5.41, 5.74) is 2.44. The van der Waals surface area contributed by atoms with Crippen LogP contribution in [0.3, 0.4) is 0 Å². The maximum Gasteiger partial charge on any atom is 0.0544 e. The highest BCUT2D eigenvalue weighted by Crippen LogP contribution is 2.24. The molecule has 0 aromatic carbocycles. The molecule has 1 aromatic heterocycles. The molecule has 0 bridgehead atoms. The van der Waals surface area contributed by atoms with E-state index >= 15 is 0 Å². The van der Waals surface area contributed by atoms with Gasteiger partial charge in [0.25, 0.3) is 0 Å². The quantitative estimate of drug-likeness (QED) is 0.837. The summed E-state index contributed by atoms with van der Waals surface area (Å²) in [4.78, 5) is 6.98. The highest BCUT2D eigenvalue weighted by Gasteiger charge is 2.21. The minimum atomic E-state index is 0.523. The molecule has 0 radical (unpaired) electrons. The molecule has 0 unspecified atom stereocenters. The van der Waals surface area contributed by atoms with Crippen molar-refractivity contribution in [2.45, 2.75) is 58.3 Å². The van der Waals surface area contributed by atoms with E-state index in [1.54, 1.807) is 0 Å². The third-order valence-corrected chi connectivity index (χ3v) is 3.71. The minimum absolute atomic E-state index is 0.523. The summed E-state index contributed by atoms with van der Waals surface area (Å²) in [7, 11) is 2.21. The maximum absolute atomic E-state index is 4.56. The summed E-state index contributed by atoms with van der Waals surface area (Å²) in [6.07, 6.45) is 6.10. The second kappa shape index (κ2) is 6.30. The molecular weight excluding hydrogens is 222 g/mol. The first-order valence-electron chi connectivity index (χ1n) is 7.02. The Morgan fingerprint density at radius 2 is 2.17 bits per heavy atom. The van der Waals surface area contributed by atoms with Crippen molar-refractivity contribution in [3.8, 4) is 0 Å². The van der Waals surface area contributed by atoms with Gasteiger partial charge in [-0.15, -0.1) is 0 Å². The van der Waals surface area contributed by atoms with Crippen molar-refractivity contribution in [2.24, 2.45) is 0 Å². The fourth-order valence-electron chi connectivity index (χ4n) is 2.19. The fourth-order valence-corrected chi connectivity index (χ4v) is 2.19. The smallest absolute Gasteiger partial charge is 0.0544 e. The molecule has 1 aromatic rings. The molecule has 0 saturated heterocycles. The van der Waals surface area contributed by atoms with Crippen LogP contribution in [0.4, 0.5) is 0 Å². The molecule has 1 N–H and O–H groups in total. The molecular formula is C15H25N3. The first kappa shape index (κ1) is 13.5. The summed E-state index contributed by atoms with van der Waals surface area (Å²) in [5, 5.41) is 3.41. The van der Waals surface area contributed by atoms with Crippen LogP contribution in [0.1, 0.15) is 44.4 Å². The van der Waals surface area contributed by atoms with Gasteiger partial charge in [-0.1, -0.05) is 26.3 Å². The second-order valence-corrected chi connectivity index (χ2v) is 5.69. The van der Waals surface area contributed by atoms with Crippen LogP contribution in [0.15, 0.2) is 18.3 Å². The van der Waals surface area contributed by atoms with Crippen molar-refractivity contribution in [3.63, 3.8) is 0 Å². The molecule has 1 heterocycles. The maximum atomic E-state index is 4.56. The largest absolute Gasteiger partial charge is 0.310 e. The van der Waals surface area contributed by atoms with E-state index in [2.05, 4.69) is 48.2 Å². The first-order chi connectivity index (χ1) is 8.65. The molecule has 18 heavy (non-hydrogen) atoms. The van der Waals surface area contributed by atoms with Gasteiger partial charge in [0.15, 0.2) is 0 Å². The second-order valence-electron chi connectivity index (χ2n) is 5.69. The van der Waals surface area contributed by atoms with Crippen molar-refractivity contribution in [1.29, 1.82) is 0 Å². The highest BCUT2D eigenvalue weighted by molar-refractivity contribution is 5.14. The van der Waals surface area contributed by atoms with Crippen LogP contribution < -0.4 is 5.32 Å². The van der Waals surface area contributed by atoms with E-state index in [4.69, 9.17) is 0 Å². The van der Waals surface area contributed by atoms with Gasteiger partial charge in [0, 0.05) is 31.4 Å². The van der Waals surface area contributed by atoms with Crippen molar-refractivity contribution < 1.29 is 0 Å². The lowest BCUT2D eigenvalue weighted by Crippen LogP contribution is -2.36. The number of nitrogens with zero attached hydrogens (tertiary/aromatic N) is 2. The topological polar surface area (TPSA) is 28.2 Å². The van der Waals surface area contributed by atoms with E-state index in [1.807, 2.05) is 6.20 Å². The lowest BCUT2D eigenvalue weighted by atomic mass is 9.92. The monoisotopic (exact) mass is 247 g/mol. The van der Waals surface area contributed by atoms with Crippen LogP contribution in [0, 0.1) is 0 Å². The molecule has 2 rings (SSSR count). The molecule has 1 aliphatic rings. The highest BCUT2D eigenvalue weighted by atomic mass is 15.1. The standard InChI is InChI=1S/C15H25N3/c1-12(2)16-9-13-7-8-14(17-10-13)11-18(3)15-5-4-6-15/h7-8,10,12,15-16H,4-6,9,11H2,1-3H3. The van der Waals surface area contributed by atoms with Crippen LogP contribution in [-0.4, -0.2) is 29.0 Å². The molecule has 0 aliphatic heterocycles. The summed E-state index contributed by atoms with van der Waals surface area (Å²) in [5.74, 6) is 0. The van der Waals surface area contributed by atoms with E-state index in [-0.39, 0.29) is 0 Å². The number of pyridine rings is 1. The van der Waals surface area contributed by atoms with Gasteiger partial charge in [0.2, 0.25) is 0 Å². The Morgan fingerprint density at radius 3 is 2.67 bits per heavy atom. The average molecular weight is 247 g/mol. The normalized spacial score (nSPS) is 16.3. The predicted octanol–water partition coefficient (Wildman–Crippen LogP) is 2.56. The van der Waals surface area contributed by atoms with Gasteiger partial charge in [-0.2, -0.15) is 0 Å². The molecule has 3 heteroatoms. The van der Waals surface area contributed by atoms with Crippen molar-refractivity contribution in [3.05, 3.63) is 29.6 Å². The van der Waals surface area contributed by atoms with Crippen molar-refractivity contribution in [2.75, 3.05) is 7.05 Å². The zero-order valence-corrected chi connectivity index (χ0v) is 11.8. The molecule has 0 spiro atoms. The summed E-state index contributed by atoms with van der Waals surface area (Å²) in [6.45, 7) is 6.21. The third-order valence-electron chi connectivity index (χ3n) is 3.71. The van der Waals surface area contributed by atoms with Crippen LogP contribution >= 0.6 is 0 Å². The number of aromatic nitrogens is 1. The van der Waals surface area contributed by atoms with Crippen LogP contribution in [0.2, 0.25) is 0 Å². The Kier molecular flexibility index (Phi) is 4.72. The third kappa shape index (κ3) is 3.79. The van der Waals surface area contributed by atoms with Gasteiger partial charge in [0.05, 0.1) is 5.69 Å². The lowest BCUT2D eigenvalue weighted by molar-refractivity contribution is 0.151. The Labute approximate surface area is 111 Å². The predicted molar refractivity (Wildman–Crippen MR) is 75.3 cm³/mol. The SMILES string of the molecule is CC(C)NCc1ccc(CN(C)C2CCC2)nc1. The van der Waals surface area contributed by atoms with Gasteiger partial charge in [-0.05, 0) is 31.5 Å². The Hall–Kier alpha value is -0.930. The number of rotatable bonds is 6. The summed E-state index contributed by atoms with van der Waals surface area (Å²) in [6, 6.07) is 5.65. The Bertz CT molecular complexity index is 355. The van der Waals surface area contributed by atoms with E-state index in [0.717, 1.165) is 19.1 Å². The molecule has 1 fully saturated rings. The zero-order valence-electron chi connectivity index (χ0n) is 11.8. The average Bonchev–Trinajstić information content (AvgIpc) is 2.25. The van der Waals surface area contributed by atoms with Gasteiger partial charge in [-0.25, -0.2) is 0 Å². The Morgan fingerprint density at radius 1 is 1.39 bits per heavy atom. The van der Waals surface area contributed by atoms with E-state index in [9.17, 15) is 0 Å². The lowest BCUT2D eigenvalue weighted by Gasteiger charge is -2.34. The first-order valence-corrected chi connectivity index (χ1v) is 7.02. The van der Waals surface area contributed by atoms with Gasteiger partial charge in [-0.3, -0.25) is 9.88 Å². The number of nitrogens with one attached hydrogen (secondary N) is 1. The van der Waals surface area contributed by atoms with Crippen LogP contribution in [-0.2, 0) is 13.1 Å². The van der Waals surface area contributed by atoms with E-state index < -0.39 is 0 Å². The van der Waals surface area contributed by atoms with Gasteiger partial charge < -0.3 is 5.32 Å². The van der Waals surface area contributed by atoms with Crippen molar-refractivity contribution in [1.82, 2.24) is 15.2 Å². The Balaban J connectivity index is 1.82. The van der Waals surface area contributed by atoms with Crippen molar-refractivity contribution >= 4 is 0 Å². The van der Waals surface area contributed by atoms with Crippen LogP contribution in [0.5, 0.6) is 0 Å². The fraction of sp³-hybridized carbons (Fsp3) is 0.667. The summed E-state index contributed by atoms with van der Waals surface area (Å²) >= 11 is 0. The number of hydrogen-bond donors (Lipinski definition) is 1. The van der Waals surface area contributed by atoms with E-state index in [0.29, 0.717) is 6.04 Å². The molecule has 1 aliphatic carbocycles. The molecule has 3 nitrogen and oxygen atoms in total.